The second kappa shape index (κ2) is 8.92. The van der Waals surface area contributed by atoms with Crippen molar-refractivity contribution < 1.29 is 14.3 Å². The number of hydrogen-bond donors (Lipinski definition) is 0. The predicted molar refractivity (Wildman–Crippen MR) is 117 cm³/mol. The zero-order chi connectivity index (χ0) is 21.1. The number of rotatable bonds is 6. The number of ether oxygens (including phenoxy) is 1. The summed E-state index contributed by atoms with van der Waals surface area (Å²) in [6.07, 6.45) is 3.20. The molecule has 2 amide bonds. The minimum atomic E-state index is -0.250. The molecular weight excluding hydrogens is 400 g/mol. The fraction of sp³-hybridized carbons (Fsp3) is 0.333. The molecule has 1 fully saturated rings. The summed E-state index contributed by atoms with van der Waals surface area (Å²) in [6.45, 7) is 4.33. The quantitative estimate of drug-likeness (QED) is 0.640. The van der Waals surface area contributed by atoms with Gasteiger partial charge in [-0.3, -0.25) is 14.5 Å². The van der Waals surface area contributed by atoms with Crippen molar-refractivity contribution in [2.24, 2.45) is 0 Å². The molecule has 2 aliphatic rings. The average molecular weight is 425 g/mol. The summed E-state index contributed by atoms with van der Waals surface area (Å²) in [4.78, 5) is 30.2. The van der Waals surface area contributed by atoms with Crippen molar-refractivity contribution in [2.75, 3.05) is 19.7 Å². The highest BCUT2D eigenvalue weighted by Crippen LogP contribution is 2.34. The Kier molecular flexibility index (Phi) is 6.09. The van der Waals surface area contributed by atoms with Gasteiger partial charge in [-0.25, -0.2) is 0 Å². The van der Waals surface area contributed by atoms with Crippen LogP contribution in [0.1, 0.15) is 37.3 Å². The Balaban J connectivity index is 1.69. The maximum absolute atomic E-state index is 13.4. The van der Waals surface area contributed by atoms with Gasteiger partial charge in [0.15, 0.2) is 0 Å². The van der Waals surface area contributed by atoms with Crippen molar-refractivity contribution in [3.63, 3.8) is 0 Å². The standard InChI is InChI=1S/C24H25ClN2O3/c1-2-30-20-12-8-18(9-13-20)21-22(26-14-4-3-5-15-26)24(29)27(23(21)28)16-17-6-10-19(25)11-7-17/h6-13H,2-5,14-16H2,1H3. The molecule has 0 bridgehead atoms. The largest absolute Gasteiger partial charge is 0.494 e. The van der Waals surface area contributed by atoms with Crippen molar-refractivity contribution >= 4 is 29.0 Å². The Morgan fingerprint density at radius 2 is 1.57 bits per heavy atom. The predicted octanol–water partition coefficient (Wildman–Crippen LogP) is 4.50. The summed E-state index contributed by atoms with van der Waals surface area (Å²) in [5, 5.41) is 0.625. The van der Waals surface area contributed by atoms with Gasteiger partial charge in [-0.2, -0.15) is 0 Å². The molecule has 0 radical (unpaired) electrons. The maximum atomic E-state index is 13.4. The molecular formula is C24H25ClN2O3. The molecule has 0 aliphatic carbocycles. The summed E-state index contributed by atoms with van der Waals surface area (Å²) in [5.74, 6) is 0.275. The van der Waals surface area contributed by atoms with Gasteiger partial charge in [-0.05, 0) is 61.6 Å². The number of halogens is 1. The van der Waals surface area contributed by atoms with Crippen LogP contribution in [0.4, 0.5) is 0 Å². The van der Waals surface area contributed by atoms with Crippen LogP contribution in [0.25, 0.3) is 5.57 Å². The Morgan fingerprint density at radius 3 is 2.20 bits per heavy atom. The molecule has 4 rings (SSSR count). The van der Waals surface area contributed by atoms with E-state index in [1.807, 2.05) is 43.3 Å². The SMILES string of the molecule is CCOc1ccc(C2=C(N3CCCCC3)C(=O)N(Cc3ccc(Cl)cc3)C2=O)cc1. The summed E-state index contributed by atoms with van der Waals surface area (Å²) in [5.41, 5.74) is 2.62. The summed E-state index contributed by atoms with van der Waals surface area (Å²) in [6, 6.07) is 14.7. The molecule has 2 aromatic rings. The molecule has 6 heteroatoms. The number of carbonyl (C=O) groups is 2. The van der Waals surface area contributed by atoms with E-state index in [4.69, 9.17) is 16.3 Å². The monoisotopic (exact) mass is 424 g/mol. The number of nitrogens with zero attached hydrogens (tertiary/aromatic N) is 2. The van der Waals surface area contributed by atoms with Crippen LogP contribution in [0.2, 0.25) is 5.02 Å². The minimum absolute atomic E-state index is 0.222. The molecule has 0 spiro atoms. The molecule has 30 heavy (non-hydrogen) atoms. The second-order valence-electron chi connectivity index (χ2n) is 7.55. The highest BCUT2D eigenvalue weighted by molar-refractivity contribution is 6.35. The van der Waals surface area contributed by atoms with Crippen molar-refractivity contribution in [1.29, 1.82) is 0 Å². The number of benzene rings is 2. The Hall–Kier alpha value is -2.79. The van der Waals surface area contributed by atoms with E-state index in [9.17, 15) is 9.59 Å². The van der Waals surface area contributed by atoms with E-state index in [2.05, 4.69) is 4.90 Å². The Morgan fingerprint density at radius 1 is 0.900 bits per heavy atom. The van der Waals surface area contributed by atoms with Crippen molar-refractivity contribution in [2.45, 2.75) is 32.7 Å². The number of amides is 2. The lowest BCUT2D eigenvalue weighted by Crippen LogP contribution is -2.36. The van der Waals surface area contributed by atoms with Gasteiger partial charge in [0, 0.05) is 18.1 Å². The van der Waals surface area contributed by atoms with Crippen LogP contribution < -0.4 is 4.74 Å². The first-order valence-electron chi connectivity index (χ1n) is 10.4. The third-order valence-electron chi connectivity index (χ3n) is 5.52. The van der Waals surface area contributed by atoms with E-state index in [1.54, 1.807) is 12.1 Å². The molecule has 0 N–H and O–H groups in total. The first-order chi connectivity index (χ1) is 14.6. The van der Waals surface area contributed by atoms with E-state index in [1.165, 1.54) is 4.90 Å². The molecule has 0 saturated carbocycles. The third-order valence-corrected chi connectivity index (χ3v) is 5.78. The van der Waals surface area contributed by atoms with Crippen molar-refractivity contribution in [1.82, 2.24) is 9.80 Å². The summed E-state index contributed by atoms with van der Waals surface area (Å²) in [7, 11) is 0. The summed E-state index contributed by atoms with van der Waals surface area (Å²) < 4.78 is 5.52. The zero-order valence-corrected chi connectivity index (χ0v) is 17.8. The van der Waals surface area contributed by atoms with Gasteiger partial charge in [0.25, 0.3) is 11.8 Å². The van der Waals surface area contributed by atoms with Crippen LogP contribution in [0.5, 0.6) is 5.75 Å². The van der Waals surface area contributed by atoms with Crippen LogP contribution in [-0.4, -0.2) is 41.3 Å². The van der Waals surface area contributed by atoms with E-state index in [0.717, 1.165) is 49.2 Å². The molecule has 2 aromatic carbocycles. The number of hydrogen-bond acceptors (Lipinski definition) is 4. The molecule has 1 saturated heterocycles. The number of piperidine rings is 1. The van der Waals surface area contributed by atoms with E-state index >= 15 is 0 Å². The van der Waals surface area contributed by atoms with Crippen LogP contribution in [0.15, 0.2) is 54.2 Å². The van der Waals surface area contributed by atoms with Crippen molar-refractivity contribution in [3.8, 4) is 5.75 Å². The Labute approximate surface area is 181 Å². The smallest absolute Gasteiger partial charge is 0.278 e. The van der Waals surface area contributed by atoms with Gasteiger partial charge in [0.2, 0.25) is 0 Å². The van der Waals surface area contributed by atoms with Gasteiger partial charge >= 0.3 is 0 Å². The average Bonchev–Trinajstić information content (AvgIpc) is 3.01. The van der Waals surface area contributed by atoms with Gasteiger partial charge in [-0.1, -0.05) is 35.9 Å². The fourth-order valence-electron chi connectivity index (χ4n) is 4.03. The van der Waals surface area contributed by atoms with Gasteiger partial charge < -0.3 is 9.64 Å². The highest BCUT2D eigenvalue weighted by atomic mass is 35.5. The fourth-order valence-corrected chi connectivity index (χ4v) is 4.16. The lowest BCUT2D eigenvalue weighted by Gasteiger charge is -2.29. The Bertz CT molecular complexity index is 961. The molecule has 5 nitrogen and oxygen atoms in total. The molecule has 0 unspecified atom stereocenters. The topological polar surface area (TPSA) is 49.9 Å². The maximum Gasteiger partial charge on any atom is 0.278 e. The van der Waals surface area contributed by atoms with E-state index in [0.29, 0.717) is 22.9 Å². The van der Waals surface area contributed by atoms with Crippen LogP contribution in [0, 0.1) is 0 Å². The molecule has 156 valence electrons. The molecule has 2 heterocycles. The number of likely N-dealkylation sites (tertiary alicyclic amines) is 1. The van der Waals surface area contributed by atoms with Crippen LogP contribution >= 0.6 is 11.6 Å². The van der Waals surface area contributed by atoms with E-state index < -0.39 is 0 Å². The summed E-state index contributed by atoms with van der Waals surface area (Å²) >= 11 is 5.98. The van der Waals surface area contributed by atoms with Crippen LogP contribution in [-0.2, 0) is 16.1 Å². The van der Waals surface area contributed by atoms with Gasteiger partial charge in [0.05, 0.1) is 18.7 Å². The van der Waals surface area contributed by atoms with E-state index in [-0.39, 0.29) is 18.4 Å². The molecule has 2 aliphatic heterocycles. The van der Waals surface area contributed by atoms with Gasteiger partial charge in [0.1, 0.15) is 11.4 Å². The van der Waals surface area contributed by atoms with Crippen LogP contribution in [0.3, 0.4) is 0 Å². The third kappa shape index (κ3) is 4.08. The second-order valence-corrected chi connectivity index (χ2v) is 7.99. The minimum Gasteiger partial charge on any atom is -0.494 e. The number of imide groups is 1. The highest BCUT2D eigenvalue weighted by Gasteiger charge is 2.41. The first kappa shape index (κ1) is 20.5. The van der Waals surface area contributed by atoms with Crippen molar-refractivity contribution in [3.05, 3.63) is 70.4 Å². The number of carbonyl (C=O) groups excluding carboxylic acids is 2. The lowest BCUT2D eigenvalue weighted by molar-refractivity contribution is -0.138. The lowest BCUT2D eigenvalue weighted by atomic mass is 10.0. The zero-order valence-electron chi connectivity index (χ0n) is 17.1. The van der Waals surface area contributed by atoms with Gasteiger partial charge in [-0.15, -0.1) is 0 Å². The normalized spacial score (nSPS) is 17.1. The molecule has 0 aromatic heterocycles. The molecule has 0 atom stereocenters. The first-order valence-corrected chi connectivity index (χ1v) is 10.8.